The number of pyridine rings is 1. The number of benzene rings is 1. The SMILES string of the molecule is CCOc1cc(C(CC(=O)O)Cc2cc(OCCc3cccc(NC)n3)n(CC(F)(F)F)n2)ccc1C. The number of hydrogen-bond donors (Lipinski definition) is 2. The highest BCUT2D eigenvalue weighted by molar-refractivity contribution is 5.68. The van der Waals surface area contributed by atoms with Gasteiger partial charge in [-0.2, -0.15) is 18.3 Å². The average molecular weight is 521 g/mol. The summed E-state index contributed by atoms with van der Waals surface area (Å²) in [4.78, 5) is 16.0. The Bertz CT molecular complexity index is 1200. The van der Waals surface area contributed by atoms with Gasteiger partial charge in [-0.1, -0.05) is 18.2 Å². The van der Waals surface area contributed by atoms with E-state index in [1.807, 2.05) is 32.0 Å². The van der Waals surface area contributed by atoms with Gasteiger partial charge in [0.15, 0.2) is 0 Å². The Morgan fingerprint density at radius 1 is 1.16 bits per heavy atom. The molecule has 0 bridgehead atoms. The lowest BCUT2D eigenvalue weighted by Crippen LogP contribution is -2.20. The number of aryl methyl sites for hydroxylation is 1. The van der Waals surface area contributed by atoms with Gasteiger partial charge in [0.2, 0.25) is 5.88 Å². The number of alkyl halides is 3. The van der Waals surface area contributed by atoms with Crippen molar-refractivity contribution >= 4 is 11.8 Å². The average Bonchev–Trinajstić information content (AvgIpc) is 3.19. The predicted octanol–water partition coefficient (Wildman–Crippen LogP) is 5.01. The highest BCUT2D eigenvalue weighted by Gasteiger charge is 2.31. The van der Waals surface area contributed by atoms with Crippen molar-refractivity contribution in [2.45, 2.75) is 51.7 Å². The fourth-order valence-electron chi connectivity index (χ4n) is 3.92. The summed E-state index contributed by atoms with van der Waals surface area (Å²) in [6.45, 7) is 2.96. The number of anilines is 1. The number of nitrogens with one attached hydrogen (secondary N) is 1. The molecule has 2 aromatic heterocycles. The van der Waals surface area contributed by atoms with Crippen molar-refractivity contribution in [2.24, 2.45) is 0 Å². The number of rotatable bonds is 13. The molecule has 2 heterocycles. The Kier molecular flexibility index (Phi) is 9.37. The van der Waals surface area contributed by atoms with Crippen LogP contribution in [0.4, 0.5) is 19.0 Å². The van der Waals surface area contributed by atoms with Gasteiger partial charge in [0.1, 0.15) is 18.1 Å². The fraction of sp³-hybridized carbons (Fsp3) is 0.423. The number of aliphatic carboxylic acids is 1. The Balaban J connectivity index is 1.82. The van der Waals surface area contributed by atoms with Gasteiger partial charge >= 0.3 is 12.1 Å². The number of carboxylic acid groups (broad SMARTS) is 1. The molecule has 3 aromatic rings. The van der Waals surface area contributed by atoms with Crippen LogP contribution in [0, 0.1) is 6.92 Å². The van der Waals surface area contributed by atoms with E-state index in [2.05, 4.69) is 15.4 Å². The number of ether oxygens (including phenoxy) is 2. The molecule has 1 unspecified atom stereocenters. The van der Waals surface area contributed by atoms with Gasteiger partial charge in [-0.15, -0.1) is 0 Å². The maximum absolute atomic E-state index is 13.2. The summed E-state index contributed by atoms with van der Waals surface area (Å²) in [6, 6.07) is 12.3. The quantitative estimate of drug-likeness (QED) is 0.327. The lowest BCUT2D eigenvalue weighted by molar-refractivity contribution is -0.143. The summed E-state index contributed by atoms with van der Waals surface area (Å²) < 4.78 is 51.8. The van der Waals surface area contributed by atoms with Gasteiger partial charge in [-0.3, -0.25) is 4.79 Å². The summed E-state index contributed by atoms with van der Waals surface area (Å²) in [5.41, 5.74) is 2.64. The third kappa shape index (κ3) is 8.40. The zero-order valence-electron chi connectivity index (χ0n) is 21.0. The smallest absolute Gasteiger partial charge is 0.408 e. The van der Waals surface area contributed by atoms with E-state index in [-0.39, 0.29) is 25.3 Å². The number of carboxylic acids is 1. The molecule has 2 N–H and O–H groups in total. The van der Waals surface area contributed by atoms with Crippen molar-refractivity contribution in [1.82, 2.24) is 14.8 Å². The molecule has 0 aliphatic heterocycles. The first-order valence-corrected chi connectivity index (χ1v) is 11.9. The summed E-state index contributed by atoms with van der Waals surface area (Å²) in [5.74, 6) is -0.267. The third-order valence-electron chi connectivity index (χ3n) is 5.65. The molecule has 37 heavy (non-hydrogen) atoms. The van der Waals surface area contributed by atoms with Crippen LogP contribution < -0.4 is 14.8 Å². The van der Waals surface area contributed by atoms with Crippen LogP contribution in [0.25, 0.3) is 0 Å². The molecule has 0 fully saturated rings. The number of carbonyl (C=O) groups is 1. The molecule has 3 rings (SSSR count). The van der Waals surface area contributed by atoms with Gasteiger partial charge in [-0.05, 0) is 49.6 Å². The topological polar surface area (TPSA) is 98.5 Å². The van der Waals surface area contributed by atoms with Crippen molar-refractivity contribution < 1.29 is 32.5 Å². The first-order chi connectivity index (χ1) is 17.6. The van der Waals surface area contributed by atoms with Gasteiger partial charge < -0.3 is 19.9 Å². The van der Waals surface area contributed by atoms with Crippen LogP contribution in [0.5, 0.6) is 11.6 Å². The van der Waals surface area contributed by atoms with E-state index in [0.29, 0.717) is 35.9 Å². The zero-order chi connectivity index (χ0) is 27.0. The predicted molar refractivity (Wildman–Crippen MR) is 132 cm³/mol. The minimum absolute atomic E-state index is 0.0370. The minimum atomic E-state index is -4.51. The summed E-state index contributed by atoms with van der Waals surface area (Å²) in [5, 5.41) is 16.5. The molecule has 0 spiro atoms. The van der Waals surface area contributed by atoms with E-state index in [4.69, 9.17) is 9.47 Å². The number of halogens is 3. The molecule has 1 atom stereocenters. The molecule has 0 aliphatic carbocycles. The summed E-state index contributed by atoms with van der Waals surface area (Å²) >= 11 is 0. The number of hydrogen-bond acceptors (Lipinski definition) is 6. The van der Waals surface area contributed by atoms with Crippen molar-refractivity contribution in [3.05, 3.63) is 65.0 Å². The van der Waals surface area contributed by atoms with Crippen LogP contribution in [-0.4, -0.2) is 52.3 Å². The van der Waals surface area contributed by atoms with Crippen LogP contribution in [0.1, 0.15) is 41.8 Å². The van der Waals surface area contributed by atoms with E-state index in [1.54, 1.807) is 25.2 Å². The third-order valence-corrected chi connectivity index (χ3v) is 5.65. The van der Waals surface area contributed by atoms with Crippen LogP contribution in [0.15, 0.2) is 42.5 Å². The Hall–Kier alpha value is -3.76. The molecular weight excluding hydrogens is 489 g/mol. The standard InChI is InChI=1S/C26H31F3N4O4/c1-4-36-22-13-18(9-8-17(22)2)19(14-25(34)35)12-21-15-24(33(32-21)16-26(27,28)29)37-11-10-20-6-5-7-23(30-3)31-20/h5-9,13,15,19H,4,10-12,14,16H2,1-3H3,(H,30,31)(H,34,35). The molecule has 0 radical (unpaired) electrons. The monoisotopic (exact) mass is 520 g/mol. The maximum Gasteiger partial charge on any atom is 0.408 e. The second-order valence-electron chi connectivity index (χ2n) is 8.57. The molecule has 200 valence electrons. The number of aromatic nitrogens is 3. The second kappa shape index (κ2) is 12.5. The minimum Gasteiger partial charge on any atom is -0.494 e. The molecular formula is C26H31F3N4O4. The van der Waals surface area contributed by atoms with E-state index < -0.39 is 24.6 Å². The lowest BCUT2D eigenvalue weighted by Gasteiger charge is -2.17. The van der Waals surface area contributed by atoms with Crippen molar-refractivity contribution in [1.29, 1.82) is 0 Å². The van der Waals surface area contributed by atoms with E-state index in [1.165, 1.54) is 6.07 Å². The van der Waals surface area contributed by atoms with Crippen molar-refractivity contribution in [2.75, 3.05) is 25.6 Å². The van der Waals surface area contributed by atoms with E-state index in [9.17, 15) is 23.1 Å². The number of nitrogens with zero attached hydrogens (tertiary/aromatic N) is 3. The van der Waals surface area contributed by atoms with Crippen LogP contribution in [0.2, 0.25) is 0 Å². The van der Waals surface area contributed by atoms with Gasteiger partial charge in [0, 0.05) is 31.1 Å². The van der Waals surface area contributed by atoms with E-state index >= 15 is 0 Å². The normalized spacial score (nSPS) is 12.3. The molecule has 0 aliphatic rings. The van der Waals surface area contributed by atoms with Gasteiger partial charge in [0.05, 0.1) is 25.3 Å². The molecule has 1 aromatic carbocycles. The Morgan fingerprint density at radius 2 is 1.95 bits per heavy atom. The fourth-order valence-corrected chi connectivity index (χ4v) is 3.92. The largest absolute Gasteiger partial charge is 0.494 e. The van der Waals surface area contributed by atoms with Gasteiger partial charge in [-0.25, -0.2) is 9.67 Å². The van der Waals surface area contributed by atoms with Crippen LogP contribution in [-0.2, 0) is 24.2 Å². The molecule has 8 nitrogen and oxygen atoms in total. The van der Waals surface area contributed by atoms with Crippen molar-refractivity contribution in [3.8, 4) is 11.6 Å². The van der Waals surface area contributed by atoms with Gasteiger partial charge in [0.25, 0.3) is 0 Å². The highest BCUT2D eigenvalue weighted by Crippen LogP contribution is 2.31. The Morgan fingerprint density at radius 3 is 2.62 bits per heavy atom. The Labute approximate surface area is 213 Å². The first kappa shape index (κ1) is 27.8. The second-order valence-corrected chi connectivity index (χ2v) is 8.57. The van der Waals surface area contributed by atoms with Crippen LogP contribution >= 0.6 is 0 Å². The molecule has 0 saturated carbocycles. The zero-order valence-corrected chi connectivity index (χ0v) is 21.0. The lowest BCUT2D eigenvalue weighted by atomic mass is 9.90. The highest BCUT2D eigenvalue weighted by atomic mass is 19.4. The first-order valence-electron chi connectivity index (χ1n) is 11.9. The molecule has 0 amide bonds. The molecule has 0 saturated heterocycles. The molecule has 11 heteroatoms. The summed E-state index contributed by atoms with van der Waals surface area (Å²) in [6.07, 6.45) is -4.22. The van der Waals surface area contributed by atoms with E-state index in [0.717, 1.165) is 15.9 Å². The summed E-state index contributed by atoms with van der Waals surface area (Å²) in [7, 11) is 1.74. The maximum atomic E-state index is 13.2. The van der Waals surface area contributed by atoms with Crippen LogP contribution in [0.3, 0.4) is 0 Å². The van der Waals surface area contributed by atoms with Crippen molar-refractivity contribution in [3.63, 3.8) is 0 Å².